The van der Waals surface area contributed by atoms with E-state index in [1.54, 1.807) is 11.8 Å². The van der Waals surface area contributed by atoms with E-state index in [1.807, 2.05) is 36.6 Å². The molecule has 0 saturated carbocycles. The van der Waals surface area contributed by atoms with Gasteiger partial charge in [0.25, 0.3) is 0 Å². The Labute approximate surface area is 125 Å². The molecule has 0 bridgehead atoms. The first-order chi connectivity index (χ1) is 9.69. The van der Waals surface area contributed by atoms with Crippen LogP contribution in [0.25, 0.3) is 0 Å². The Bertz CT molecular complexity index is 599. The second kappa shape index (κ2) is 6.76. The van der Waals surface area contributed by atoms with Crippen LogP contribution in [0.4, 0.5) is 0 Å². The Balaban J connectivity index is 2.40. The van der Waals surface area contributed by atoms with Crippen molar-refractivity contribution in [2.45, 2.75) is 31.6 Å². The molecule has 1 nitrogen and oxygen atoms in total. The van der Waals surface area contributed by atoms with Crippen molar-refractivity contribution < 1.29 is 4.79 Å². The van der Waals surface area contributed by atoms with Crippen LogP contribution in [0.5, 0.6) is 0 Å². The van der Waals surface area contributed by atoms with Gasteiger partial charge in [-0.25, -0.2) is 0 Å². The van der Waals surface area contributed by atoms with Crippen LogP contribution in [0.3, 0.4) is 0 Å². The maximum atomic E-state index is 12.7. The molecule has 20 heavy (non-hydrogen) atoms. The lowest BCUT2D eigenvalue weighted by Gasteiger charge is -2.09. The van der Waals surface area contributed by atoms with Crippen LogP contribution in [0.1, 0.15) is 40.9 Å². The maximum absolute atomic E-state index is 12.7. The molecule has 0 unspecified atom stereocenters. The number of carbonyl (C=O) groups is 1. The van der Waals surface area contributed by atoms with Crippen molar-refractivity contribution in [1.29, 1.82) is 0 Å². The molecule has 2 heteroatoms. The number of rotatable bonds is 5. The van der Waals surface area contributed by atoms with Gasteiger partial charge < -0.3 is 0 Å². The van der Waals surface area contributed by atoms with E-state index in [9.17, 15) is 4.79 Å². The van der Waals surface area contributed by atoms with Gasteiger partial charge >= 0.3 is 0 Å². The number of hydrogen-bond donors (Lipinski definition) is 0. The van der Waals surface area contributed by atoms with E-state index in [-0.39, 0.29) is 5.78 Å². The predicted octanol–water partition coefficient (Wildman–Crippen LogP) is 4.76. The van der Waals surface area contributed by atoms with Crippen LogP contribution in [0.15, 0.2) is 47.4 Å². The zero-order chi connectivity index (χ0) is 14.5. The number of aryl methyl sites for hydroxylation is 2. The molecule has 0 amide bonds. The molecule has 0 aliphatic carbocycles. The fourth-order valence-electron chi connectivity index (χ4n) is 2.26. The normalized spacial score (nSPS) is 10.6. The summed E-state index contributed by atoms with van der Waals surface area (Å²) in [5, 5.41) is 0. The average Bonchev–Trinajstić information content (AvgIpc) is 2.53. The summed E-state index contributed by atoms with van der Waals surface area (Å²) in [6.07, 6.45) is 3.88. The summed E-state index contributed by atoms with van der Waals surface area (Å²) in [4.78, 5) is 13.9. The molecule has 0 atom stereocenters. The number of thioether (sulfide) groups is 1. The highest BCUT2D eigenvalue weighted by Crippen LogP contribution is 2.20. The van der Waals surface area contributed by atoms with Gasteiger partial charge in [-0.2, -0.15) is 0 Å². The summed E-state index contributed by atoms with van der Waals surface area (Å²) >= 11 is 1.69. The minimum atomic E-state index is 0.129. The van der Waals surface area contributed by atoms with Crippen molar-refractivity contribution >= 4 is 17.5 Å². The molecule has 0 aromatic heterocycles. The van der Waals surface area contributed by atoms with Crippen LogP contribution in [-0.2, 0) is 12.8 Å². The van der Waals surface area contributed by atoms with Gasteiger partial charge in [0.2, 0.25) is 0 Å². The van der Waals surface area contributed by atoms with Crippen molar-refractivity contribution in [3.63, 3.8) is 0 Å². The molecular formula is C18H20OS. The first kappa shape index (κ1) is 14.9. The minimum absolute atomic E-state index is 0.129. The van der Waals surface area contributed by atoms with Crippen LogP contribution in [0, 0.1) is 0 Å². The molecule has 0 saturated heterocycles. The Kier molecular flexibility index (Phi) is 5.02. The van der Waals surface area contributed by atoms with Crippen molar-refractivity contribution in [2.75, 3.05) is 6.26 Å². The SMILES string of the molecule is CCc1ccc(CC)c(C(=O)c2ccc(SC)cc2)c1. The first-order valence-electron chi connectivity index (χ1n) is 7.00. The monoisotopic (exact) mass is 284 g/mol. The Morgan fingerprint density at radius 1 is 1.00 bits per heavy atom. The zero-order valence-corrected chi connectivity index (χ0v) is 13.1. The quantitative estimate of drug-likeness (QED) is 0.581. The molecule has 0 spiro atoms. The summed E-state index contributed by atoms with van der Waals surface area (Å²) in [5.74, 6) is 0.129. The first-order valence-corrected chi connectivity index (χ1v) is 8.22. The Hall–Kier alpha value is -1.54. The standard InChI is InChI=1S/C18H20OS/c1-4-13-6-7-14(5-2)17(12-13)18(19)15-8-10-16(20-3)11-9-15/h6-12H,4-5H2,1-3H3. The van der Waals surface area contributed by atoms with Crippen molar-refractivity contribution in [3.8, 4) is 0 Å². The highest BCUT2D eigenvalue weighted by atomic mass is 32.2. The summed E-state index contributed by atoms with van der Waals surface area (Å²) < 4.78 is 0. The van der Waals surface area contributed by atoms with Gasteiger partial charge in [0.05, 0.1) is 0 Å². The molecule has 0 aliphatic rings. The number of hydrogen-bond acceptors (Lipinski definition) is 2. The molecule has 0 fully saturated rings. The molecule has 0 aliphatic heterocycles. The van der Waals surface area contributed by atoms with E-state index in [0.717, 1.165) is 29.5 Å². The van der Waals surface area contributed by atoms with Gasteiger partial charge in [-0.1, -0.05) is 26.0 Å². The zero-order valence-electron chi connectivity index (χ0n) is 12.3. The van der Waals surface area contributed by atoms with Crippen LogP contribution in [0.2, 0.25) is 0 Å². The molecule has 0 heterocycles. The highest BCUT2D eigenvalue weighted by Gasteiger charge is 2.13. The summed E-state index contributed by atoms with van der Waals surface area (Å²) in [6, 6.07) is 14.1. The number of ketones is 1. The highest BCUT2D eigenvalue weighted by molar-refractivity contribution is 7.98. The van der Waals surface area contributed by atoms with Crippen molar-refractivity contribution in [3.05, 3.63) is 64.7 Å². The molecule has 2 rings (SSSR count). The van der Waals surface area contributed by atoms with E-state index in [1.165, 1.54) is 10.5 Å². The lowest BCUT2D eigenvalue weighted by molar-refractivity contribution is 0.103. The summed E-state index contributed by atoms with van der Waals surface area (Å²) in [7, 11) is 0. The number of carbonyl (C=O) groups excluding carboxylic acids is 1. The van der Waals surface area contributed by atoms with E-state index < -0.39 is 0 Å². The van der Waals surface area contributed by atoms with E-state index >= 15 is 0 Å². The molecule has 2 aromatic rings. The van der Waals surface area contributed by atoms with Gasteiger partial charge in [0.1, 0.15) is 0 Å². The van der Waals surface area contributed by atoms with Gasteiger partial charge in [0, 0.05) is 16.0 Å². The largest absolute Gasteiger partial charge is 0.289 e. The lowest BCUT2D eigenvalue weighted by atomic mass is 9.94. The van der Waals surface area contributed by atoms with E-state index in [2.05, 4.69) is 26.0 Å². The van der Waals surface area contributed by atoms with Crippen LogP contribution >= 0.6 is 11.8 Å². The Morgan fingerprint density at radius 3 is 2.25 bits per heavy atom. The van der Waals surface area contributed by atoms with Crippen LogP contribution < -0.4 is 0 Å². The van der Waals surface area contributed by atoms with Gasteiger partial charge in [-0.15, -0.1) is 11.8 Å². The molecular weight excluding hydrogens is 264 g/mol. The minimum Gasteiger partial charge on any atom is -0.289 e. The molecule has 2 aromatic carbocycles. The van der Waals surface area contributed by atoms with E-state index in [4.69, 9.17) is 0 Å². The third kappa shape index (κ3) is 3.13. The van der Waals surface area contributed by atoms with Gasteiger partial charge in [0.15, 0.2) is 5.78 Å². The van der Waals surface area contributed by atoms with Crippen LogP contribution in [-0.4, -0.2) is 12.0 Å². The smallest absolute Gasteiger partial charge is 0.193 e. The third-order valence-corrected chi connectivity index (χ3v) is 4.30. The summed E-state index contributed by atoms with van der Waals surface area (Å²) in [5.41, 5.74) is 3.96. The number of benzene rings is 2. The summed E-state index contributed by atoms with van der Waals surface area (Å²) in [6.45, 7) is 4.21. The fourth-order valence-corrected chi connectivity index (χ4v) is 2.67. The maximum Gasteiger partial charge on any atom is 0.193 e. The topological polar surface area (TPSA) is 17.1 Å². The Morgan fingerprint density at radius 2 is 1.70 bits per heavy atom. The van der Waals surface area contributed by atoms with Gasteiger partial charge in [-0.3, -0.25) is 4.79 Å². The third-order valence-electron chi connectivity index (χ3n) is 3.56. The van der Waals surface area contributed by atoms with Crippen molar-refractivity contribution in [1.82, 2.24) is 0 Å². The van der Waals surface area contributed by atoms with E-state index in [0.29, 0.717) is 0 Å². The average molecular weight is 284 g/mol. The predicted molar refractivity (Wildman–Crippen MR) is 86.9 cm³/mol. The second-order valence-corrected chi connectivity index (χ2v) is 5.64. The molecule has 0 N–H and O–H groups in total. The fraction of sp³-hybridized carbons (Fsp3) is 0.278. The second-order valence-electron chi connectivity index (χ2n) is 4.76. The lowest BCUT2D eigenvalue weighted by Crippen LogP contribution is -2.06. The van der Waals surface area contributed by atoms with Gasteiger partial charge in [-0.05, 0) is 60.6 Å². The van der Waals surface area contributed by atoms with Crippen molar-refractivity contribution in [2.24, 2.45) is 0 Å². The molecule has 104 valence electrons. The molecule has 0 radical (unpaired) electrons.